The average molecular weight is 315 g/mol. The Morgan fingerprint density at radius 1 is 1.29 bits per heavy atom. The lowest BCUT2D eigenvalue weighted by molar-refractivity contribution is 0.493. The molecule has 0 unspecified atom stereocenters. The fraction of sp³-hybridized carbons (Fsp3) is 0.200. The van der Waals surface area contributed by atoms with Gasteiger partial charge in [0.2, 0.25) is 0 Å². The molecule has 0 bridgehead atoms. The molecule has 1 aliphatic rings. The molecule has 0 amide bonds. The van der Waals surface area contributed by atoms with Gasteiger partial charge in [0, 0.05) is 19.3 Å². The number of imidazole rings is 1. The van der Waals surface area contributed by atoms with Crippen LogP contribution in [0.3, 0.4) is 0 Å². The minimum absolute atomic E-state index is 0.0196. The molecular formula is C15H13N3OS2. The van der Waals surface area contributed by atoms with Crippen LogP contribution in [0.4, 0.5) is 0 Å². The third-order valence-corrected chi connectivity index (χ3v) is 5.69. The summed E-state index contributed by atoms with van der Waals surface area (Å²) in [7, 11) is 2.08. The van der Waals surface area contributed by atoms with E-state index in [-0.39, 0.29) is 5.56 Å². The molecular weight excluding hydrogens is 302 g/mol. The van der Waals surface area contributed by atoms with E-state index in [0.717, 1.165) is 32.8 Å². The van der Waals surface area contributed by atoms with E-state index in [1.165, 1.54) is 16.4 Å². The van der Waals surface area contributed by atoms with E-state index in [9.17, 15) is 4.79 Å². The lowest BCUT2D eigenvalue weighted by atomic mass is 10.3. The second kappa shape index (κ2) is 4.89. The van der Waals surface area contributed by atoms with Gasteiger partial charge in [0.05, 0.1) is 20.6 Å². The number of fused-ring (bicyclic) bond motifs is 3. The molecule has 1 saturated heterocycles. The molecule has 1 aliphatic heterocycles. The van der Waals surface area contributed by atoms with Gasteiger partial charge in [-0.25, -0.2) is 9.38 Å². The Hall–Kier alpha value is -1.79. The van der Waals surface area contributed by atoms with E-state index in [4.69, 9.17) is 0 Å². The summed E-state index contributed by atoms with van der Waals surface area (Å²) >= 11 is 3.27. The van der Waals surface area contributed by atoms with Crippen molar-refractivity contribution < 1.29 is 0 Å². The summed E-state index contributed by atoms with van der Waals surface area (Å²) < 4.78 is 2.44. The first-order valence-electron chi connectivity index (χ1n) is 6.70. The van der Waals surface area contributed by atoms with Crippen LogP contribution in [0, 0.1) is 0 Å². The number of rotatable bonds is 1. The topological polar surface area (TPSA) is 37.6 Å². The van der Waals surface area contributed by atoms with Gasteiger partial charge in [-0.1, -0.05) is 23.5 Å². The number of hydrogen-bond acceptors (Lipinski definition) is 5. The summed E-state index contributed by atoms with van der Waals surface area (Å²) in [5.41, 5.74) is 1.77. The summed E-state index contributed by atoms with van der Waals surface area (Å²) in [6.07, 6.45) is 3.95. The number of para-hydroxylation sites is 2. The van der Waals surface area contributed by atoms with Gasteiger partial charge in [-0.3, -0.25) is 4.79 Å². The number of benzene rings is 1. The Labute approximate surface area is 129 Å². The van der Waals surface area contributed by atoms with Crippen LogP contribution < -0.4 is 10.1 Å². The maximum absolute atomic E-state index is 12.5. The molecule has 0 atom stereocenters. The van der Waals surface area contributed by atoms with Crippen molar-refractivity contribution in [1.82, 2.24) is 14.3 Å². The van der Waals surface area contributed by atoms with Gasteiger partial charge >= 0.3 is 0 Å². The molecule has 0 saturated carbocycles. The molecule has 1 fully saturated rings. The Balaban J connectivity index is 1.91. The first-order valence-corrected chi connectivity index (χ1v) is 8.50. The molecule has 3 aromatic rings. The van der Waals surface area contributed by atoms with Crippen molar-refractivity contribution in [2.75, 3.05) is 19.3 Å². The predicted molar refractivity (Wildman–Crippen MR) is 89.7 cm³/mol. The lowest BCUT2D eigenvalue weighted by Gasteiger charge is -2.09. The van der Waals surface area contributed by atoms with Gasteiger partial charge in [0.25, 0.3) is 5.56 Å². The zero-order chi connectivity index (χ0) is 14.4. The molecule has 1 aromatic carbocycles. The normalized spacial score (nSPS) is 18.6. The van der Waals surface area contributed by atoms with E-state index >= 15 is 0 Å². The van der Waals surface area contributed by atoms with E-state index in [2.05, 4.69) is 16.9 Å². The van der Waals surface area contributed by atoms with Crippen LogP contribution in [0.2, 0.25) is 0 Å². The van der Waals surface area contributed by atoms with Crippen molar-refractivity contribution in [2.24, 2.45) is 0 Å². The van der Waals surface area contributed by atoms with Crippen LogP contribution in [0.1, 0.15) is 0 Å². The number of allylic oxidation sites excluding steroid dienone is 1. The maximum atomic E-state index is 12.5. The van der Waals surface area contributed by atoms with Gasteiger partial charge < -0.3 is 4.90 Å². The molecule has 4 nitrogen and oxygen atoms in total. The van der Waals surface area contributed by atoms with Crippen LogP contribution in [0.5, 0.6) is 0 Å². The number of thioether (sulfide) groups is 1. The number of hydrogen-bond donors (Lipinski definition) is 0. The molecule has 0 N–H and O–H groups in total. The van der Waals surface area contributed by atoms with Crippen LogP contribution in [-0.4, -0.2) is 33.6 Å². The molecule has 0 aliphatic carbocycles. The van der Waals surface area contributed by atoms with Crippen LogP contribution >= 0.6 is 23.1 Å². The highest BCUT2D eigenvalue weighted by Gasteiger charge is 2.13. The molecule has 2 aromatic heterocycles. The summed E-state index contributed by atoms with van der Waals surface area (Å²) in [6.45, 7) is 1.06. The van der Waals surface area contributed by atoms with E-state index in [1.54, 1.807) is 4.40 Å². The van der Waals surface area contributed by atoms with Crippen LogP contribution in [0.15, 0.2) is 40.2 Å². The Morgan fingerprint density at radius 2 is 2.14 bits per heavy atom. The second-order valence-corrected chi connectivity index (χ2v) is 7.06. The SMILES string of the molecule is CN1CCS/C1=C\C=c1\sc2nc3ccccc3n2c1=O. The third-order valence-electron chi connectivity index (χ3n) is 3.58. The van der Waals surface area contributed by atoms with E-state index in [0.29, 0.717) is 0 Å². The van der Waals surface area contributed by atoms with E-state index in [1.807, 2.05) is 48.2 Å². The lowest BCUT2D eigenvalue weighted by Crippen LogP contribution is -2.22. The van der Waals surface area contributed by atoms with Gasteiger partial charge in [-0.2, -0.15) is 0 Å². The molecule has 106 valence electrons. The first-order chi connectivity index (χ1) is 10.2. The minimum Gasteiger partial charge on any atom is -0.369 e. The molecule has 0 radical (unpaired) electrons. The molecule has 0 spiro atoms. The highest BCUT2D eigenvalue weighted by Crippen LogP contribution is 2.25. The summed E-state index contributed by atoms with van der Waals surface area (Å²) in [6, 6.07) is 7.74. The molecule has 4 rings (SSSR count). The van der Waals surface area contributed by atoms with Crippen molar-refractivity contribution in [3.05, 3.63) is 50.3 Å². The van der Waals surface area contributed by atoms with Gasteiger partial charge in [0.15, 0.2) is 4.96 Å². The zero-order valence-corrected chi connectivity index (χ0v) is 13.1. The molecule has 21 heavy (non-hydrogen) atoms. The van der Waals surface area contributed by atoms with Crippen LogP contribution in [0.25, 0.3) is 22.1 Å². The molecule has 3 heterocycles. The highest BCUT2D eigenvalue weighted by molar-refractivity contribution is 8.03. The van der Waals surface area contributed by atoms with Crippen molar-refractivity contribution in [1.29, 1.82) is 0 Å². The average Bonchev–Trinajstić information content (AvgIpc) is 3.12. The predicted octanol–water partition coefficient (Wildman–Crippen LogP) is 1.93. The van der Waals surface area contributed by atoms with Gasteiger partial charge in [-0.15, -0.1) is 11.8 Å². The van der Waals surface area contributed by atoms with Crippen molar-refractivity contribution in [3.8, 4) is 0 Å². The quantitative estimate of drug-likeness (QED) is 0.688. The fourth-order valence-corrected chi connectivity index (χ4v) is 4.43. The van der Waals surface area contributed by atoms with Crippen molar-refractivity contribution >= 4 is 45.2 Å². The Kier molecular flexibility index (Phi) is 3.01. The third kappa shape index (κ3) is 2.06. The molecule has 6 heteroatoms. The Bertz CT molecular complexity index is 970. The van der Waals surface area contributed by atoms with Crippen molar-refractivity contribution in [2.45, 2.75) is 0 Å². The first kappa shape index (κ1) is 12.9. The largest absolute Gasteiger partial charge is 0.369 e. The standard InChI is InChI=1S/C15H13N3OS2/c1-17-8-9-20-13(17)7-6-12-14(19)18-11-5-3-2-4-10(11)16-15(18)21-12/h2-7H,8-9H2,1H3/b12-6+,13-7-. The maximum Gasteiger partial charge on any atom is 0.274 e. The summed E-state index contributed by atoms with van der Waals surface area (Å²) in [5, 5.41) is 1.21. The van der Waals surface area contributed by atoms with Crippen molar-refractivity contribution in [3.63, 3.8) is 0 Å². The van der Waals surface area contributed by atoms with Gasteiger partial charge in [0.1, 0.15) is 0 Å². The highest BCUT2D eigenvalue weighted by atomic mass is 32.2. The van der Waals surface area contributed by atoms with Crippen LogP contribution in [-0.2, 0) is 0 Å². The van der Waals surface area contributed by atoms with Gasteiger partial charge in [-0.05, 0) is 24.3 Å². The summed E-state index contributed by atoms with van der Waals surface area (Å²) in [5.74, 6) is 1.11. The second-order valence-electron chi connectivity index (χ2n) is 4.93. The minimum atomic E-state index is 0.0196. The number of aromatic nitrogens is 2. The smallest absolute Gasteiger partial charge is 0.274 e. The van der Waals surface area contributed by atoms with E-state index < -0.39 is 0 Å². The number of thiazole rings is 1. The zero-order valence-electron chi connectivity index (χ0n) is 11.4. The monoisotopic (exact) mass is 315 g/mol. The summed E-state index contributed by atoms with van der Waals surface area (Å²) in [4.78, 5) is 20.0. The Morgan fingerprint density at radius 3 is 2.95 bits per heavy atom. The fourth-order valence-electron chi connectivity index (χ4n) is 2.46. The number of nitrogens with zero attached hydrogens (tertiary/aromatic N) is 3.